The summed E-state index contributed by atoms with van der Waals surface area (Å²) < 4.78 is 10.1. The number of carbonyl (C=O) groups excluding carboxylic acids is 2. The minimum Gasteiger partial charge on any atom is -0.452 e. The highest BCUT2D eigenvalue weighted by molar-refractivity contribution is 6.16. The second kappa shape index (κ2) is 7.77. The van der Waals surface area contributed by atoms with Crippen LogP contribution in [-0.2, 0) is 14.3 Å². The van der Waals surface area contributed by atoms with Crippen molar-refractivity contribution >= 4 is 33.4 Å². The first-order valence-corrected chi connectivity index (χ1v) is 8.04. The molecule has 128 valence electrons. The van der Waals surface area contributed by atoms with Crippen molar-refractivity contribution in [3.05, 3.63) is 60.2 Å². The third kappa shape index (κ3) is 3.78. The lowest BCUT2D eigenvalue weighted by atomic mass is 9.97. The summed E-state index contributed by atoms with van der Waals surface area (Å²) in [5.74, 6) is -0.857. The quantitative estimate of drug-likeness (QED) is 0.427. The van der Waals surface area contributed by atoms with E-state index in [0.29, 0.717) is 18.7 Å². The minimum atomic E-state index is -0.505. The van der Waals surface area contributed by atoms with E-state index < -0.39 is 5.97 Å². The summed E-state index contributed by atoms with van der Waals surface area (Å²) >= 11 is 0. The molecule has 1 N–H and O–H groups in total. The van der Waals surface area contributed by atoms with Gasteiger partial charge < -0.3 is 14.8 Å². The summed E-state index contributed by atoms with van der Waals surface area (Å²) in [7, 11) is 1.55. The monoisotopic (exact) mass is 337 g/mol. The van der Waals surface area contributed by atoms with Crippen LogP contribution in [0.15, 0.2) is 54.6 Å². The molecule has 3 aromatic rings. The molecule has 3 rings (SSSR count). The third-order valence-corrected chi connectivity index (χ3v) is 3.94. The molecule has 3 aromatic carbocycles. The number of carbonyl (C=O) groups is 2. The lowest BCUT2D eigenvalue weighted by Crippen LogP contribution is -2.31. The first-order chi connectivity index (χ1) is 12.2. The molecule has 0 heterocycles. The van der Waals surface area contributed by atoms with Gasteiger partial charge in [0.2, 0.25) is 0 Å². The van der Waals surface area contributed by atoms with Crippen LogP contribution in [0, 0.1) is 0 Å². The van der Waals surface area contributed by atoms with Gasteiger partial charge in [-0.15, -0.1) is 0 Å². The van der Waals surface area contributed by atoms with Crippen LogP contribution in [0.4, 0.5) is 0 Å². The van der Waals surface area contributed by atoms with Crippen LogP contribution in [-0.4, -0.2) is 38.7 Å². The molecule has 0 unspecified atom stereocenters. The Labute approximate surface area is 145 Å². The van der Waals surface area contributed by atoms with Crippen molar-refractivity contribution in [1.29, 1.82) is 0 Å². The van der Waals surface area contributed by atoms with Gasteiger partial charge in [-0.2, -0.15) is 0 Å². The van der Waals surface area contributed by atoms with Crippen molar-refractivity contribution in [2.45, 2.75) is 0 Å². The maximum atomic E-state index is 12.7. The predicted molar refractivity (Wildman–Crippen MR) is 96.6 cm³/mol. The molecule has 25 heavy (non-hydrogen) atoms. The summed E-state index contributed by atoms with van der Waals surface area (Å²) in [5, 5.41) is 6.16. The van der Waals surface area contributed by atoms with Crippen molar-refractivity contribution in [3.63, 3.8) is 0 Å². The molecule has 0 aliphatic heterocycles. The number of hydrogen-bond donors (Lipinski definition) is 1. The molecule has 0 radical (unpaired) electrons. The fraction of sp³-hybridized carbons (Fsp3) is 0.200. The zero-order valence-electron chi connectivity index (χ0n) is 14.0. The number of amides is 1. The van der Waals surface area contributed by atoms with Crippen LogP contribution in [0.3, 0.4) is 0 Å². The lowest BCUT2D eigenvalue weighted by Gasteiger charge is -2.11. The summed E-state index contributed by atoms with van der Waals surface area (Å²) in [6, 6.07) is 17.3. The number of benzene rings is 3. The van der Waals surface area contributed by atoms with Gasteiger partial charge in [-0.25, -0.2) is 4.79 Å². The molecule has 0 atom stereocenters. The fourth-order valence-corrected chi connectivity index (χ4v) is 2.78. The van der Waals surface area contributed by atoms with Gasteiger partial charge in [0.05, 0.1) is 12.2 Å². The smallest absolute Gasteiger partial charge is 0.339 e. The highest BCUT2D eigenvalue weighted by Gasteiger charge is 2.17. The Bertz CT molecular complexity index is 866. The van der Waals surface area contributed by atoms with Crippen LogP contribution in [0.25, 0.3) is 21.5 Å². The van der Waals surface area contributed by atoms with E-state index >= 15 is 0 Å². The molecule has 0 aromatic heterocycles. The van der Waals surface area contributed by atoms with Gasteiger partial charge in [-0.05, 0) is 27.6 Å². The van der Waals surface area contributed by atoms with Crippen LogP contribution in [0.2, 0.25) is 0 Å². The van der Waals surface area contributed by atoms with E-state index in [1.54, 1.807) is 7.11 Å². The van der Waals surface area contributed by atoms with Gasteiger partial charge in [0.1, 0.15) is 0 Å². The van der Waals surface area contributed by atoms with Gasteiger partial charge in [0.15, 0.2) is 6.61 Å². The number of hydrogen-bond acceptors (Lipinski definition) is 4. The number of nitrogens with one attached hydrogen (secondary N) is 1. The van der Waals surface area contributed by atoms with Crippen molar-refractivity contribution in [2.24, 2.45) is 0 Å². The van der Waals surface area contributed by atoms with Crippen molar-refractivity contribution in [1.82, 2.24) is 5.32 Å². The zero-order chi connectivity index (χ0) is 17.6. The number of rotatable bonds is 6. The molecule has 0 fully saturated rings. The summed E-state index contributed by atoms with van der Waals surface area (Å²) in [4.78, 5) is 24.4. The van der Waals surface area contributed by atoms with Crippen LogP contribution < -0.4 is 5.32 Å². The molecule has 0 aliphatic rings. The molecular weight excluding hydrogens is 318 g/mol. The number of fused-ring (bicyclic) bond motifs is 2. The molecule has 0 saturated carbocycles. The van der Waals surface area contributed by atoms with Gasteiger partial charge in [0.25, 0.3) is 5.91 Å². The van der Waals surface area contributed by atoms with Crippen LogP contribution in [0.1, 0.15) is 10.4 Å². The summed E-state index contributed by atoms with van der Waals surface area (Å²) in [6.45, 7) is 0.470. The molecule has 0 aliphatic carbocycles. The molecule has 1 amide bonds. The van der Waals surface area contributed by atoms with E-state index in [0.717, 1.165) is 21.5 Å². The van der Waals surface area contributed by atoms with Crippen LogP contribution in [0.5, 0.6) is 0 Å². The normalized spacial score (nSPS) is 10.8. The number of esters is 1. The third-order valence-electron chi connectivity index (χ3n) is 3.94. The van der Waals surface area contributed by atoms with Crippen molar-refractivity contribution in [3.8, 4) is 0 Å². The predicted octanol–water partition coefficient (Wildman–Crippen LogP) is 2.91. The van der Waals surface area contributed by atoms with Gasteiger partial charge in [0, 0.05) is 13.7 Å². The highest BCUT2D eigenvalue weighted by Crippen LogP contribution is 2.28. The Balaban J connectivity index is 1.88. The maximum Gasteiger partial charge on any atom is 0.339 e. The second-order valence-corrected chi connectivity index (χ2v) is 5.61. The molecule has 0 bridgehead atoms. The first kappa shape index (κ1) is 16.9. The average molecular weight is 337 g/mol. The van der Waals surface area contributed by atoms with Gasteiger partial charge in [-0.1, -0.05) is 48.5 Å². The topological polar surface area (TPSA) is 64.6 Å². The van der Waals surface area contributed by atoms with E-state index in [1.807, 2.05) is 54.6 Å². The second-order valence-electron chi connectivity index (χ2n) is 5.61. The van der Waals surface area contributed by atoms with Crippen LogP contribution >= 0.6 is 0 Å². The van der Waals surface area contributed by atoms with E-state index in [9.17, 15) is 9.59 Å². The maximum absolute atomic E-state index is 12.7. The van der Waals surface area contributed by atoms with E-state index in [1.165, 1.54) is 0 Å². The molecule has 5 nitrogen and oxygen atoms in total. The Morgan fingerprint density at radius 3 is 2.16 bits per heavy atom. The highest BCUT2D eigenvalue weighted by atomic mass is 16.5. The summed E-state index contributed by atoms with van der Waals surface area (Å²) in [5.41, 5.74) is 0.485. The van der Waals surface area contributed by atoms with Gasteiger partial charge >= 0.3 is 5.97 Å². The number of methoxy groups -OCH3 is 1. The lowest BCUT2D eigenvalue weighted by molar-refractivity contribution is -0.124. The standard InChI is InChI=1S/C20H19NO4/c1-24-11-10-21-18(22)13-25-20(23)19-16-8-4-2-6-14(16)12-15-7-3-5-9-17(15)19/h2-9,12H,10-11,13H2,1H3,(H,21,22). The molecule has 5 heteroatoms. The fourth-order valence-electron chi connectivity index (χ4n) is 2.78. The minimum absolute atomic E-state index is 0.319. The molecular formula is C20H19NO4. The molecule has 0 saturated heterocycles. The van der Waals surface area contributed by atoms with E-state index in [4.69, 9.17) is 9.47 Å². The van der Waals surface area contributed by atoms with Crippen molar-refractivity contribution < 1.29 is 19.1 Å². The first-order valence-electron chi connectivity index (χ1n) is 8.04. The van der Waals surface area contributed by atoms with Crippen molar-refractivity contribution in [2.75, 3.05) is 26.9 Å². The largest absolute Gasteiger partial charge is 0.452 e. The Morgan fingerprint density at radius 1 is 0.960 bits per heavy atom. The number of ether oxygens (including phenoxy) is 2. The van der Waals surface area contributed by atoms with E-state index in [-0.39, 0.29) is 12.5 Å². The Kier molecular flexibility index (Phi) is 5.26. The SMILES string of the molecule is COCCNC(=O)COC(=O)c1c2ccccc2cc2ccccc12. The van der Waals surface area contributed by atoms with E-state index in [2.05, 4.69) is 5.32 Å². The Hall–Kier alpha value is -2.92. The molecule has 0 spiro atoms. The van der Waals surface area contributed by atoms with Gasteiger partial charge in [-0.3, -0.25) is 4.79 Å². The Morgan fingerprint density at radius 2 is 1.56 bits per heavy atom. The summed E-state index contributed by atoms with van der Waals surface area (Å²) in [6.07, 6.45) is 0. The average Bonchev–Trinajstić information content (AvgIpc) is 2.64. The zero-order valence-corrected chi connectivity index (χ0v) is 14.0.